The summed E-state index contributed by atoms with van der Waals surface area (Å²) in [5, 5.41) is 21.6. The van der Waals surface area contributed by atoms with Gasteiger partial charge in [0.25, 0.3) is 11.6 Å². The Labute approximate surface area is 165 Å². The number of hydrogen-bond acceptors (Lipinski definition) is 5. The molecule has 8 nitrogen and oxygen atoms in total. The van der Waals surface area contributed by atoms with Gasteiger partial charge in [-0.25, -0.2) is 4.90 Å². The maximum Gasteiger partial charge on any atom is 0.303 e. The fraction of sp³-hybridized carbons (Fsp3) is 0.0952. The first kappa shape index (κ1) is 19.7. The van der Waals surface area contributed by atoms with Gasteiger partial charge in [-0.2, -0.15) is 0 Å². The number of nitro benzene ring substituents is 1. The molecule has 0 heterocycles. The Hall–Kier alpha value is -4.07. The zero-order valence-corrected chi connectivity index (χ0v) is 15.1. The maximum atomic E-state index is 13.1. The van der Waals surface area contributed by atoms with Crippen LogP contribution in [0.1, 0.15) is 23.2 Å². The van der Waals surface area contributed by atoms with Gasteiger partial charge in [0.2, 0.25) is 5.91 Å². The summed E-state index contributed by atoms with van der Waals surface area (Å²) >= 11 is 0. The second kappa shape index (κ2) is 8.30. The number of carbonyl (C=O) groups excluding carboxylic acids is 2. The first-order valence-corrected chi connectivity index (χ1v) is 8.69. The van der Waals surface area contributed by atoms with Crippen LogP contribution < -0.4 is 4.90 Å². The molecule has 0 radical (unpaired) electrons. The molecule has 0 aliphatic heterocycles. The van der Waals surface area contributed by atoms with E-state index in [-0.39, 0.29) is 23.4 Å². The van der Waals surface area contributed by atoms with Crippen LogP contribution in [0.15, 0.2) is 66.7 Å². The fourth-order valence-electron chi connectivity index (χ4n) is 2.90. The molecule has 0 saturated heterocycles. The molecule has 0 aliphatic carbocycles. The second-order valence-corrected chi connectivity index (χ2v) is 6.27. The molecule has 0 bridgehead atoms. The quantitative estimate of drug-likeness (QED) is 0.504. The van der Waals surface area contributed by atoms with Gasteiger partial charge in [0.05, 0.1) is 17.0 Å². The highest BCUT2D eigenvalue weighted by Gasteiger charge is 2.26. The average Bonchev–Trinajstić information content (AvgIpc) is 2.72. The normalized spacial score (nSPS) is 10.5. The van der Waals surface area contributed by atoms with Gasteiger partial charge in [-0.15, -0.1) is 0 Å². The number of non-ortho nitro benzene ring substituents is 1. The molecule has 0 spiro atoms. The number of nitrogens with zero attached hydrogens (tertiary/aromatic N) is 2. The summed E-state index contributed by atoms with van der Waals surface area (Å²) in [5.74, 6) is -2.64. The summed E-state index contributed by atoms with van der Waals surface area (Å²) in [4.78, 5) is 47.9. The van der Waals surface area contributed by atoms with Gasteiger partial charge in [0.1, 0.15) is 0 Å². The highest BCUT2D eigenvalue weighted by molar-refractivity contribution is 6.21. The third-order valence-corrected chi connectivity index (χ3v) is 4.30. The van der Waals surface area contributed by atoms with Gasteiger partial charge >= 0.3 is 5.97 Å². The van der Waals surface area contributed by atoms with Crippen LogP contribution in [0.5, 0.6) is 0 Å². The fourth-order valence-corrected chi connectivity index (χ4v) is 2.90. The van der Waals surface area contributed by atoms with Crippen molar-refractivity contribution in [1.82, 2.24) is 0 Å². The number of benzene rings is 3. The Morgan fingerprint density at radius 3 is 2.31 bits per heavy atom. The number of carboxylic acids is 1. The van der Waals surface area contributed by atoms with E-state index >= 15 is 0 Å². The average molecular weight is 392 g/mol. The molecule has 8 heteroatoms. The van der Waals surface area contributed by atoms with Crippen LogP contribution in [-0.4, -0.2) is 27.8 Å². The van der Waals surface area contributed by atoms with E-state index in [2.05, 4.69) is 0 Å². The van der Waals surface area contributed by atoms with Crippen molar-refractivity contribution in [3.8, 4) is 0 Å². The number of fused-ring (bicyclic) bond motifs is 1. The third-order valence-electron chi connectivity index (χ3n) is 4.30. The van der Waals surface area contributed by atoms with Gasteiger partial charge in [0.15, 0.2) is 0 Å². The van der Waals surface area contributed by atoms with Crippen molar-refractivity contribution in [2.45, 2.75) is 12.8 Å². The Kier molecular flexibility index (Phi) is 5.64. The summed E-state index contributed by atoms with van der Waals surface area (Å²) < 4.78 is 0. The van der Waals surface area contributed by atoms with Crippen molar-refractivity contribution < 1.29 is 24.4 Å². The molecule has 3 aromatic rings. The molecular formula is C21H16N2O6. The van der Waals surface area contributed by atoms with E-state index in [1.165, 1.54) is 18.2 Å². The number of hydrogen-bond donors (Lipinski definition) is 1. The first-order chi connectivity index (χ1) is 13.9. The van der Waals surface area contributed by atoms with E-state index in [9.17, 15) is 24.5 Å². The van der Waals surface area contributed by atoms with E-state index in [1.54, 1.807) is 18.2 Å². The Morgan fingerprint density at radius 1 is 0.897 bits per heavy atom. The van der Waals surface area contributed by atoms with Crippen molar-refractivity contribution in [2.24, 2.45) is 0 Å². The zero-order chi connectivity index (χ0) is 21.0. The third kappa shape index (κ3) is 4.44. The lowest BCUT2D eigenvalue weighted by molar-refractivity contribution is -0.384. The SMILES string of the molecule is O=C(O)CCC(=O)N(C(=O)c1cccc([N+](=O)[O-])c1)c1ccc2ccccc2c1. The van der Waals surface area contributed by atoms with Crippen LogP contribution in [-0.2, 0) is 9.59 Å². The van der Waals surface area contributed by atoms with Crippen molar-refractivity contribution in [3.05, 3.63) is 82.4 Å². The molecule has 29 heavy (non-hydrogen) atoms. The lowest BCUT2D eigenvalue weighted by atomic mass is 10.1. The number of carbonyl (C=O) groups is 3. The predicted molar refractivity (Wildman–Crippen MR) is 106 cm³/mol. The highest BCUT2D eigenvalue weighted by Crippen LogP contribution is 2.25. The van der Waals surface area contributed by atoms with E-state index in [1.807, 2.05) is 24.3 Å². The summed E-state index contributed by atoms with van der Waals surface area (Å²) in [6, 6.07) is 17.4. The molecule has 1 N–H and O–H groups in total. The van der Waals surface area contributed by atoms with E-state index in [0.717, 1.165) is 21.7 Å². The van der Waals surface area contributed by atoms with Crippen LogP contribution in [0.3, 0.4) is 0 Å². The first-order valence-electron chi connectivity index (χ1n) is 8.69. The number of rotatable bonds is 6. The summed E-state index contributed by atoms with van der Waals surface area (Å²) in [6.45, 7) is 0. The van der Waals surface area contributed by atoms with Crippen LogP contribution in [0.25, 0.3) is 10.8 Å². The van der Waals surface area contributed by atoms with Gasteiger partial charge in [0, 0.05) is 24.1 Å². The minimum Gasteiger partial charge on any atom is -0.481 e. The van der Waals surface area contributed by atoms with Crippen molar-refractivity contribution >= 4 is 39.9 Å². The minimum absolute atomic E-state index is 0.0453. The van der Waals surface area contributed by atoms with E-state index in [0.29, 0.717) is 0 Å². The molecule has 0 unspecified atom stereocenters. The monoisotopic (exact) mass is 392 g/mol. The molecule has 0 fully saturated rings. The summed E-state index contributed by atoms with van der Waals surface area (Å²) in [7, 11) is 0. The van der Waals surface area contributed by atoms with Crippen LogP contribution >= 0.6 is 0 Å². The number of imide groups is 1. The Balaban J connectivity index is 2.05. The number of aliphatic carboxylic acids is 1. The minimum atomic E-state index is -1.17. The molecule has 0 aliphatic rings. The van der Waals surface area contributed by atoms with Crippen LogP contribution in [0.2, 0.25) is 0 Å². The molecular weight excluding hydrogens is 376 g/mol. The molecule has 3 aromatic carbocycles. The van der Waals surface area contributed by atoms with Gasteiger partial charge < -0.3 is 5.11 Å². The molecule has 0 atom stereocenters. The van der Waals surface area contributed by atoms with Crippen molar-refractivity contribution in [1.29, 1.82) is 0 Å². The number of carboxylic acid groups (broad SMARTS) is 1. The smallest absolute Gasteiger partial charge is 0.303 e. The lowest BCUT2D eigenvalue weighted by Gasteiger charge is -2.21. The Bertz CT molecular complexity index is 1120. The number of amides is 2. The largest absolute Gasteiger partial charge is 0.481 e. The lowest BCUT2D eigenvalue weighted by Crippen LogP contribution is -2.37. The van der Waals surface area contributed by atoms with E-state index in [4.69, 9.17) is 5.11 Å². The molecule has 146 valence electrons. The van der Waals surface area contributed by atoms with Gasteiger partial charge in [-0.3, -0.25) is 24.5 Å². The van der Waals surface area contributed by atoms with Crippen molar-refractivity contribution in [3.63, 3.8) is 0 Å². The number of nitro groups is 1. The highest BCUT2D eigenvalue weighted by atomic mass is 16.6. The predicted octanol–water partition coefficient (Wildman–Crippen LogP) is 3.79. The number of anilines is 1. The van der Waals surface area contributed by atoms with Crippen molar-refractivity contribution in [2.75, 3.05) is 4.90 Å². The summed E-state index contributed by atoms with van der Waals surface area (Å²) in [5.41, 5.74) is -0.0704. The molecule has 2 amide bonds. The van der Waals surface area contributed by atoms with Crippen LogP contribution in [0, 0.1) is 10.1 Å². The van der Waals surface area contributed by atoms with Gasteiger partial charge in [-0.1, -0.05) is 36.4 Å². The van der Waals surface area contributed by atoms with E-state index < -0.39 is 29.1 Å². The topological polar surface area (TPSA) is 118 Å². The standard InChI is InChI=1S/C21H16N2O6/c24-19(10-11-20(25)26)22(17-9-8-14-4-1-2-5-15(14)12-17)21(27)16-6-3-7-18(13-16)23(28)29/h1-9,12-13H,10-11H2,(H,25,26). The van der Waals surface area contributed by atoms with Gasteiger partial charge in [-0.05, 0) is 29.0 Å². The second-order valence-electron chi connectivity index (χ2n) is 6.27. The van der Waals surface area contributed by atoms with Crippen LogP contribution in [0.4, 0.5) is 11.4 Å². The molecule has 0 aromatic heterocycles. The molecule has 3 rings (SSSR count). The Morgan fingerprint density at radius 2 is 1.62 bits per heavy atom. The maximum absolute atomic E-state index is 13.1. The summed E-state index contributed by atoms with van der Waals surface area (Å²) in [6.07, 6.45) is -0.825. The molecule has 0 saturated carbocycles. The zero-order valence-electron chi connectivity index (χ0n) is 15.1.